The number of aliphatic hydroxyl groups is 1. The van der Waals surface area contributed by atoms with E-state index in [4.69, 9.17) is 9.90 Å². The van der Waals surface area contributed by atoms with E-state index in [0.29, 0.717) is 27.7 Å². The Morgan fingerprint density at radius 2 is 1.75 bits per heavy atom. The number of amides is 2. The Labute approximate surface area is 225 Å². The van der Waals surface area contributed by atoms with Crippen LogP contribution < -0.4 is 5.32 Å². The number of hydrogen-bond acceptors (Lipinski definition) is 6. The molecule has 208 valence electrons. The van der Waals surface area contributed by atoms with Crippen molar-refractivity contribution >= 4 is 35.0 Å². The average molecular weight is 556 g/mol. The van der Waals surface area contributed by atoms with Gasteiger partial charge in [0.15, 0.2) is 5.72 Å². The SMILES string of the molecule is COC(=O)Nc1nc2ccc(C3(O)c4ccccc4C(=O)N3Cc3ccc(C)cc3)cc2[nH]1.O=C(O)C(F)(F)F. The van der Waals surface area contributed by atoms with Crippen molar-refractivity contribution < 1.29 is 42.5 Å². The van der Waals surface area contributed by atoms with Crippen LogP contribution in [0.3, 0.4) is 0 Å². The number of ether oxygens (including phenoxy) is 1. The lowest BCUT2D eigenvalue weighted by molar-refractivity contribution is -0.192. The summed E-state index contributed by atoms with van der Waals surface area (Å²) in [6.45, 7) is 2.24. The number of anilines is 1. The highest BCUT2D eigenvalue weighted by Gasteiger charge is 2.49. The number of nitrogens with one attached hydrogen (secondary N) is 2. The molecule has 0 spiro atoms. The van der Waals surface area contributed by atoms with Gasteiger partial charge in [0.05, 0.1) is 18.1 Å². The van der Waals surface area contributed by atoms with E-state index < -0.39 is 24.0 Å². The topological polar surface area (TPSA) is 145 Å². The van der Waals surface area contributed by atoms with Gasteiger partial charge < -0.3 is 19.9 Å². The minimum absolute atomic E-state index is 0.223. The summed E-state index contributed by atoms with van der Waals surface area (Å²) in [5.74, 6) is -2.78. The van der Waals surface area contributed by atoms with Gasteiger partial charge in [-0.2, -0.15) is 13.2 Å². The van der Waals surface area contributed by atoms with Crippen LogP contribution in [0.1, 0.15) is 32.6 Å². The number of aromatic nitrogens is 2. The van der Waals surface area contributed by atoms with Crippen LogP contribution in [0.25, 0.3) is 11.0 Å². The van der Waals surface area contributed by atoms with Gasteiger partial charge in [-0.25, -0.2) is 14.6 Å². The summed E-state index contributed by atoms with van der Waals surface area (Å²) in [6, 6.07) is 20.2. The molecule has 4 N–H and O–H groups in total. The quantitative estimate of drug-likeness (QED) is 0.289. The monoisotopic (exact) mass is 556 g/mol. The maximum atomic E-state index is 13.4. The van der Waals surface area contributed by atoms with Crippen molar-refractivity contribution in [1.82, 2.24) is 14.9 Å². The molecule has 1 atom stereocenters. The normalized spacial score (nSPS) is 16.2. The smallest absolute Gasteiger partial charge is 0.475 e. The van der Waals surface area contributed by atoms with Crippen LogP contribution in [0.5, 0.6) is 0 Å². The summed E-state index contributed by atoms with van der Waals surface area (Å²) in [4.78, 5) is 42.6. The molecule has 2 amide bonds. The number of rotatable bonds is 4. The van der Waals surface area contributed by atoms with Gasteiger partial charge in [0, 0.05) is 23.2 Å². The fourth-order valence-corrected chi connectivity index (χ4v) is 4.22. The summed E-state index contributed by atoms with van der Waals surface area (Å²) in [5.41, 5.74) is 3.04. The number of aliphatic carboxylic acids is 1. The van der Waals surface area contributed by atoms with E-state index in [9.17, 15) is 27.9 Å². The molecule has 1 aromatic heterocycles. The third kappa shape index (κ3) is 5.45. The van der Waals surface area contributed by atoms with Gasteiger partial charge in [0.25, 0.3) is 5.91 Å². The Morgan fingerprint density at radius 1 is 1.10 bits per heavy atom. The highest BCUT2D eigenvalue weighted by molar-refractivity contribution is 6.00. The first-order valence-corrected chi connectivity index (χ1v) is 11.7. The zero-order valence-corrected chi connectivity index (χ0v) is 21.1. The number of methoxy groups -OCH3 is 1. The summed E-state index contributed by atoms with van der Waals surface area (Å²) < 4.78 is 36.3. The van der Waals surface area contributed by atoms with E-state index in [1.54, 1.807) is 42.5 Å². The molecule has 0 saturated heterocycles. The summed E-state index contributed by atoms with van der Waals surface area (Å²) in [7, 11) is 1.27. The maximum absolute atomic E-state index is 13.4. The minimum Gasteiger partial charge on any atom is -0.475 e. The lowest BCUT2D eigenvalue weighted by Gasteiger charge is -2.35. The zero-order valence-electron chi connectivity index (χ0n) is 21.1. The molecule has 1 unspecified atom stereocenters. The van der Waals surface area contributed by atoms with Gasteiger partial charge >= 0.3 is 18.2 Å². The Morgan fingerprint density at radius 3 is 2.38 bits per heavy atom. The molecule has 0 aliphatic carbocycles. The first kappa shape index (κ1) is 28.1. The third-order valence-corrected chi connectivity index (χ3v) is 6.16. The molecule has 0 bridgehead atoms. The number of nitrogens with zero attached hydrogens (tertiary/aromatic N) is 2. The Bertz CT molecular complexity index is 1590. The van der Waals surface area contributed by atoms with Crippen LogP contribution >= 0.6 is 0 Å². The van der Waals surface area contributed by atoms with Crippen LogP contribution in [0.15, 0.2) is 66.7 Å². The number of carbonyl (C=O) groups is 3. The molecule has 2 heterocycles. The van der Waals surface area contributed by atoms with E-state index in [1.165, 1.54) is 12.0 Å². The molecule has 1 aliphatic heterocycles. The number of alkyl halides is 3. The second kappa shape index (κ2) is 10.7. The number of aryl methyl sites for hydroxylation is 1. The molecular formula is C27H23F3N4O6. The van der Waals surface area contributed by atoms with Crippen LogP contribution in [0, 0.1) is 6.92 Å². The molecule has 0 fully saturated rings. The maximum Gasteiger partial charge on any atom is 0.490 e. The molecule has 10 nitrogen and oxygen atoms in total. The fourth-order valence-electron chi connectivity index (χ4n) is 4.22. The molecule has 4 aromatic rings. The minimum atomic E-state index is -5.08. The summed E-state index contributed by atoms with van der Waals surface area (Å²) in [5, 5.41) is 21.7. The largest absolute Gasteiger partial charge is 0.490 e. The van der Waals surface area contributed by atoms with E-state index in [1.807, 2.05) is 31.2 Å². The third-order valence-electron chi connectivity index (χ3n) is 6.16. The molecule has 0 radical (unpaired) electrons. The van der Waals surface area contributed by atoms with Gasteiger partial charge in [-0.3, -0.25) is 15.0 Å². The Kier molecular flexibility index (Phi) is 7.51. The zero-order chi connectivity index (χ0) is 29.2. The first-order chi connectivity index (χ1) is 18.8. The molecule has 40 heavy (non-hydrogen) atoms. The van der Waals surface area contributed by atoms with E-state index >= 15 is 0 Å². The summed E-state index contributed by atoms with van der Waals surface area (Å²) in [6.07, 6.45) is -5.73. The second-order valence-electron chi connectivity index (χ2n) is 8.83. The number of carboxylic acids is 1. The Balaban J connectivity index is 0.000000470. The van der Waals surface area contributed by atoms with Crippen molar-refractivity contribution in [2.45, 2.75) is 25.4 Å². The fraction of sp³-hybridized carbons (Fsp3) is 0.185. The van der Waals surface area contributed by atoms with E-state index in [0.717, 1.165) is 11.1 Å². The standard InChI is InChI=1S/C25H22N4O4.C2HF3O2/c1-15-7-9-16(10-8-15)14-29-22(30)18-5-3-4-6-19(18)25(29,32)17-11-12-20-21(13-17)27-23(26-20)28-24(31)33-2;3-2(4,5)1(6)7/h3-13,32H,14H2,1-2H3,(H2,26,27,28,31);(H,6,7). The van der Waals surface area contributed by atoms with Crippen LogP contribution in [-0.4, -0.2) is 56.3 Å². The van der Waals surface area contributed by atoms with Crippen molar-refractivity contribution in [2.24, 2.45) is 0 Å². The molecule has 5 rings (SSSR count). The number of benzene rings is 3. The van der Waals surface area contributed by atoms with Crippen molar-refractivity contribution in [3.8, 4) is 0 Å². The van der Waals surface area contributed by atoms with Gasteiger partial charge in [-0.05, 0) is 30.7 Å². The average Bonchev–Trinajstić information content (AvgIpc) is 3.41. The highest BCUT2D eigenvalue weighted by Crippen LogP contribution is 2.43. The summed E-state index contributed by atoms with van der Waals surface area (Å²) >= 11 is 0. The number of carbonyl (C=O) groups excluding carboxylic acids is 2. The van der Waals surface area contributed by atoms with Crippen LogP contribution in [0.4, 0.5) is 23.9 Å². The van der Waals surface area contributed by atoms with E-state index in [-0.39, 0.29) is 18.4 Å². The number of imidazole rings is 1. The van der Waals surface area contributed by atoms with Crippen molar-refractivity contribution in [3.63, 3.8) is 0 Å². The molecular weight excluding hydrogens is 533 g/mol. The number of aromatic amines is 1. The van der Waals surface area contributed by atoms with Crippen molar-refractivity contribution in [2.75, 3.05) is 12.4 Å². The van der Waals surface area contributed by atoms with Crippen molar-refractivity contribution in [3.05, 3.63) is 94.5 Å². The van der Waals surface area contributed by atoms with Gasteiger partial charge in [-0.15, -0.1) is 0 Å². The number of H-pyrrole nitrogens is 1. The lowest BCUT2D eigenvalue weighted by Crippen LogP contribution is -2.44. The second-order valence-corrected chi connectivity index (χ2v) is 8.83. The van der Waals surface area contributed by atoms with Gasteiger partial charge in [0.2, 0.25) is 5.95 Å². The molecule has 0 saturated carbocycles. The van der Waals surface area contributed by atoms with Gasteiger partial charge in [-0.1, -0.05) is 54.1 Å². The van der Waals surface area contributed by atoms with Crippen LogP contribution in [-0.2, 0) is 21.8 Å². The predicted octanol–water partition coefficient (Wildman–Crippen LogP) is 4.53. The van der Waals surface area contributed by atoms with Gasteiger partial charge in [0.1, 0.15) is 0 Å². The van der Waals surface area contributed by atoms with E-state index in [2.05, 4.69) is 20.0 Å². The highest BCUT2D eigenvalue weighted by atomic mass is 19.4. The first-order valence-electron chi connectivity index (χ1n) is 11.7. The number of fused-ring (bicyclic) bond motifs is 2. The Hall–Kier alpha value is -4.91. The number of hydrogen-bond donors (Lipinski definition) is 4. The molecule has 1 aliphatic rings. The number of carboxylic acid groups (broad SMARTS) is 1. The lowest BCUT2D eigenvalue weighted by atomic mass is 9.93. The molecule has 3 aromatic carbocycles. The predicted molar refractivity (Wildman–Crippen MR) is 136 cm³/mol. The number of halogens is 3. The van der Waals surface area contributed by atoms with Crippen molar-refractivity contribution in [1.29, 1.82) is 0 Å². The van der Waals surface area contributed by atoms with Crippen LogP contribution in [0.2, 0.25) is 0 Å². The molecule has 13 heteroatoms.